The molecule has 1 fully saturated rings. The second-order valence-corrected chi connectivity index (χ2v) is 8.28. The van der Waals surface area contributed by atoms with Gasteiger partial charge in [-0.05, 0) is 35.7 Å². The molecule has 3 aromatic rings. The third-order valence-corrected chi connectivity index (χ3v) is 6.05. The Labute approximate surface area is 190 Å². The van der Waals surface area contributed by atoms with Crippen molar-refractivity contribution in [1.29, 1.82) is 0 Å². The van der Waals surface area contributed by atoms with Crippen molar-refractivity contribution in [3.05, 3.63) is 95.6 Å². The summed E-state index contributed by atoms with van der Waals surface area (Å²) in [4.78, 5) is 17.6. The fourth-order valence-corrected chi connectivity index (χ4v) is 4.45. The predicted octanol–water partition coefficient (Wildman–Crippen LogP) is 4.32. The Kier molecular flexibility index (Phi) is 7.07. The summed E-state index contributed by atoms with van der Waals surface area (Å²) in [5.74, 6) is -0.0528. The maximum atomic E-state index is 12.8. The normalized spacial score (nSPS) is 14.5. The Morgan fingerprint density at radius 2 is 1.50 bits per heavy atom. The van der Waals surface area contributed by atoms with Crippen LogP contribution in [0.3, 0.4) is 0 Å². The lowest BCUT2D eigenvalue weighted by atomic mass is 9.96. The number of piperazine rings is 1. The Balaban J connectivity index is 1.54. The molecule has 1 saturated heterocycles. The number of amides is 1. The van der Waals surface area contributed by atoms with Crippen LogP contribution in [0.5, 0.6) is 0 Å². The molecule has 0 aliphatic carbocycles. The van der Waals surface area contributed by atoms with Crippen molar-refractivity contribution in [3.8, 4) is 0 Å². The van der Waals surface area contributed by atoms with Crippen LogP contribution in [0.15, 0.2) is 78.9 Å². The third kappa shape index (κ3) is 4.94. The van der Waals surface area contributed by atoms with Crippen LogP contribution >= 0.6 is 0 Å². The summed E-state index contributed by atoms with van der Waals surface area (Å²) in [6, 6.07) is 27.3. The fourth-order valence-electron chi connectivity index (χ4n) is 4.45. The number of rotatable bonds is 7. The van der Waals surface area contributed by atoms with Gasteiger partial charge in [0.05, 0.1) is 11.6 Å². The highest BCUT2D eigenvalue weighted by Gasteiger charge is 2.28. The lowest BCUT2D eigenvalue weighted by Crippen LogP contribution is -2.48. The maximum Gasteiger partial charge on any atom is 0.253 e. The van der Waals surface area contributed by atoms with Crippen LogP contribution in [0.25, 0.3) is 0 Å². The minimum Gasteiger partial charge on any atom is -0.399 e. The van der Waals surface area contributed by atoms with Crippen LogP contribution in [0.4, 0.5) is 11.4 Å². The van der Waals surface area contributed by atoms with E-state index in [0.717, 1.165) is 38.3 Å². The molecule has 1 aliphatic heterocycles. The van der Waals surface area contributed by atoms with Gasteiger partial charge in [-0.2, -0.15) is 0 Å². The Bertz CT molecular complexity index is 975. The molecule has 4 rings (SSSR count). The van der Waals surface area contributed by atoms with Crippen LogP contribution in [-0.4, -0.2) is 43.5 Å². The Hall–Kier alpha value is -3.31. The molecule has 0 radical (unpaired) electrons. The zero-order valence-electron chi connectivity index (χ0n) is 18.7. The van der Waals surface area contributed by atoms with Gasteiger partial charge < -0.3 is 16.0 Å². The molecule has 32 heavy (non-hydrogen) atoms. The molecular formula is C27H32N4O. The summed E-state index contributed by atoms with van der Waals surface area (Å²) in [5.41, 5.74) is 10.9. The molecular weight excluding hydrogens is 396 g/mol. The standard InChI is InChI=1S/C27H32N4O/c1-2-15-29-27(32)24-20-23(28)13-14-25(24)30-16-18-31(19-17-30)26(21-9-5-3-6-10-21)22-11-7-4-8-12-22/h3-14,20,26H,2,15-19,28H2,1H3,(H,29,32). The van der Waals surface area contributed by atoms with Gasteiger partial charge in [-0.1, -0.05) is 67.6 Å². The number of carbonyl (C=O) groups is 1. The number of nitrogen functional groups attached to an aromatic ring is 1. The van der Waals surface area contributed by atoms with E-state index in [9.17, 15) is 4.79 Å². The molecule has 1 amide bonds. The molecule has 0 aromatic heterocycles. The first-order chi connectivity index (χ1) is 15.7. The molecule has 5 heteroatoms. The quantitative estimate of drug-likeness (QED) is 0.550. The molecule has 166 valence electrons. The molecule has 5 nitrogen and oxygen atoms in total. The summed E-state index contributed by atoms with van der Waals surface area (Å²) in [7, 11) is 0. The molecule has 0 bridgehead atoms. The zero-order valence-corrected chi connectivity index (χ0v) is 18.7. The van der Waals surface area contributed by atoms with Gasteiger partial charge in [0.25, 0.3) is 5.91 Å². The van der Waals surface area contributed by atoms with Crippen molar-refractivity contribution >= 4 is 17.3 Å². The van der Waals surface area contributed by atoms with Gasteiger partial charge in [-0.15, -0.1) is 0 Å². The van der Waals surface area contributed by atoms with Crippen molar-refractivity contribution < 1.29 is 4.79 Å². The first-order valence-electron chi connectivity index (χ1n) is 11.4. The van der Waals surface area contributed by atoms with Crippen molar-refractivity contribution in [2.45, 2.75) is 19.4 Å². The second-order valence-electron chi connectivity index (χ2n) is 8.28. The predicted molar refractivity (Wildman–Crippen MR) is 132 cm³/mol. The Morgan fingerprint density at radius 1 is 0.906 bits per heavy atom. The van der Waals surface area contributed by atoms with Gasteiger partial charge in [0, 0.05) is 44.1 Å². The van der Waals surface area contributed by atoms with E-state index in [0.29, 0.717) is 17.8 Å². The lowest BCUT2D eigenvalue weighted by molar-refractivity contribution is 0.0954. The monoisotopic (exact) mass is 428 g/mol. The van der Waals surface area contributed by atoms with Crippen molar-refractivity contribution in [3.63, 3.8) is 0 Å². The van der Waals surface area contributed by atoms with Crippen LogP contribution in [0.1, 0.15) is 40.9 Å². The lowest BCUT2D eigenvalue weighted by Gasteiger charge is -2.41. The number of hydrogen-bond donors (Lipinski definition) is 2. The van der Waals surface area contributed by atoms with Gasteiger partial charge in [-0.25, -0.2) is 0 Å². The summed E-state index contributed by atoms with van der Waals surface area (Å²) in [5, 5.41) is 2.99. The largest absolute Gasteiger partial charge is 0.399 e. The minimum absolute atomic E-state index is 0.0528. The van der Waals surface area contributed by atoms with Gasteiger partial charge in [0.1, 0.15) is 0 Å². The molecule has 0 spiro atoms. The minimum atomic E-state index is -0.0528. The smallest absolute Gasteiger partial charge is 0.253 e. The number of hydrogen-bond acceptors (Lipinski definition) is 4. The highest BCUT2D eigenvalue weighted by molar-refractivity contribution is 6.00. The van der Waals surface area contributed by atoms with E-state index in [1.54, 1.807) is 6.07 Å². The number of anilines is 2. The Morgan fingerprint density at radius 3 is 2.06 bits per heavy atom. The van der Waals surface area contributed by atoms with E-state index < -0.39 is 0 Å². The molecule has 1 heterocycles. The molecule has 3 N–H and O–H groups in total. The second kappa shape index (κ2) is 10.3. The van der Waals surface area contributed by atoms with Gasteiger partial charge in [0.2, 0.25) is 0 Å². The number of nitrogens with one attached hydrogen (secondary N) is 1. The van der Waals surface area contributed by atoms with Crippen molar-refractivity contribution in [2.24, 2.45) is 0 Å². The molecule has 0 saturated carbocycles. The molecule has 0 unspecified atom stereocenters. The van der Waals surface area contributed by atoms with Crippen LogP contribution < -0.4 is 16.0 Å². The SMILES string of the molecule is CCCNC(=O)c1cc(N)ccc1N1CCN(C(c2ccccc2)c2ccccc2)CC1. The van der Waals surface area contributed by atoms with Crippen LogP contribution in [-0.2, 0) is 0 Å². The van der Waals surface area contributed by atoms with E-state index in [2.05, 4.69) is 82.7 Å². The highest BCUT2D eigenvalue weighted by Crippen LogP contribution is 2.31. The first kappa shape index (κ1) is 21.9. The van der Waals surface area contributed by atoms with Crippen LogP contribution in [0.2, 0.25) is 0 Å². The van der Waals surface area contributed by atoms with E-state index in [1.807, 2.05) is 12.1 Å². The van der Waals surface area contributed by atoms with Gasteiger partial charge in [-0.3, -0.25) is 9.69 Å². The van der Waals surface area contributed by atoms with Crippen molar-refractivity contribution in [2.75, 3.05) is 43.4 Å². The third-order valence-electron chi connectivity index (χ3n) is 6.05. The average molecular weight is 429 g/mol. The van der Waals surface area contributed by atoms with Gasteiger partial charge in [0.15, 0.2) is 0 Å². The summed E-state index contributed by atoms with van der Waals surface area (Å²) < 4.78 is 0. The summed E-state index contributed by atoms with van der Waals surface area (Å²) in [6.07, 6.45) is 0.905. The first-order valence-corrected chi connectivity index (χ1v) is 11.4. The highest BCUT2D eigenvalue weighted by atomic mass is 16.1. The number of carbonyl (C=O) groups excluding carboxylic acids is 1. The van der Waals surface area contributed by atoms with Crippen molar-refractivity contribution in [1.82, 2.24) is 10.2 Å². The topological polar surface area (TPSA) is 61.6 Å². The zero-order chi connectivity index (χ0) is 22.3. The molecule has 3 aromatic carbocycles. The number of benzene rings is 3. The average Bonchev–Trinajstić information content (AvgIpc) is 2.84. The summed E-state index contributed by atoms with van der Waals surface area (Å²) in [6.45, 7) is 6.25. The van der Waals surface area contributed by atoms with E-state index in [4.69, 9.17) is 5.73 Å². The van der Waals surface area contributed by atoms with E-state index in [-0.39, 0.29) is 11.9 Å². The molecule has 1 aliphatic rings. The fraction of sp³-hybridized carbons (Fsp3) is 0.296. The molecule has 0 atom stereocenters. The van der Waals surface area contributed by atoms with Crippen LogP contribution in [0, 0.1) is 0 Å². The maximum absolute atomic E-state index is 12.8. The van der Waals surface area contributed by atoms with E-state index >= 15 is 0 Å². The summed E-state index contributed by atoms with van der Waals surface area (Å²) >= 11 is 0. The van der Waals surface area contributed by atoms with Gasteiger partial charge >= 0.3 is 0 Å². The van der Waals surface area contributed by atoms with E-state index in [1.165, 1.54) is 11.1 Å². The number of nitrogens with two attached hydrogens (primary N) is 1. The number of nitrogens with zero attached hydrogens (tertiary/aromatic N) is 2.